The van der Waals surface area contributed by atoms with Crippen molar-refractivity contribution in [3.8, 4) is 11.3 Å². The van der Waals surface area contributed by atoms with Crippen LogP contribution in [0.25, 0.3) is 16.9 Å². The standard InChI is InChI=1S/C17H15N9S/c1-11-9-26-14(12-6-19-20-7-12)8-18-17(26)16(22-11)23-15-5-13(24-27-15)10-25-4-2-3-21-25/h2-9H,10H2,1H3,(H,19,20)(H,22,23). The van der Waals surface area contributed by atoms with Crippen molar-refractivity contribution in [3.63, 3.8) is 0 Å². The normalized spacial score (nSPS) is 11.3. The van der Waals surface area contributed by atoms with E-state index in [1.165, 1.54) is 11.5 Å². The first-order chi connectivity index (χ1) is 13.3. The van der Waals surface area contributed by atoms with Gasteiger partial charge in [0.1, 0.15) is 5.00 Å². The van der Waals surface area contributed by atoms with Crippen LogP contribution in [0.1, 0.15) is 11.4 Å². The fourth-order valence-corrected chi connectivity index (χ4v) is 3.58. The number of aromatic nitrogens is 8. The number of hydrogen-bond acceptors (Lipinski definition) is 7. The summed E-state index contributed by atoms with van der Waals surface area (Å²) in [6, 6.07) is 3.90. The highest BCUT2D eigenvalue weighted by Gasteiger charge is 2.13. The van der Waals surface area contributed by atoms with Gasteiger partial charge in [0.2, 0.25) is 0 Å². The largest absolute Gasteiger partial charge is 0.328 e. The Labute approximate surface area is 157 Å². The van der Waals surface area contributed by atoms with Crippen molar-refractivity contribution in [1.29, 1.82) is 0 Å². The van der Waals surface area contributed by atoms with Crippen LogP contribution in [0.15, 0.2) is 49.3 Å². The number of nitrogens with one attached hydrogen (secondary N) is 2. The molecule has 0 amide bonds. The van der Waals surface area contributed by atoms with Gasteiger partial charge in [-0.1, -0.05) is 0 Å². The molecule has 0 fully saturated rings. The summed E-state index contributed by atoms with van der Waals surface area (Å²) >= 11 is 1.39. The molecule has 5 aromatic heterocycles. The second-order valence-corrected chi connectivity index (χ2v) is 6.87. The highest BCUT2D eigenvalue weighted by Crippen LogP contribution is 2.27. The lowest BCUT2D eigenvalue weighted by atomic mass is 10.3. The zero-order chi connectivity index (χ0) is 18.2. The number of hydrogen-bond donors (Lipinski definition) is 2. The average Bonchev–Trinajstić information content (AvgIpc) is 3.43. The number of imidazole rings is 1. The molecule has 0 aliphatic rings. The van der Waals surface area contributed by atoms with Gasteiger partial charge in [0.15, 0.2) is 11.5 Å². The van der Waals surface area contributed by atoms with Crippen LogP contribution in [0.4, 0.5) is 10.8 Å². The van der Waals surface area contributed by atoms with Gasteiger partial charge in [-0.2, -0.15) is 14.6 Å². The summed E-state index contributed by atoms with van der Waals surface area (Å²) in [6.07, 6.45) is 11.1. The number of nitrogens with zero attached hydrogens (tertiary/aromatic N) is 7. The number of aryl methyl sites for hydroxylation is 1. The number of aromatic amines is 1. The number of anilines is 2. The molecule has 0 saturated carbocycles. The van der Waals surface area contributed by atoms with Crippen molar-refractivity contribution in [2.24, 2.45) is 0 Å². The molecule has 0 unspecified atom stereocenters. The Bertz CT molecular complexity index is 1180. The molecule has 0 aromatic carbocycles. The molecule has 5 heterocycles. The van der Waals surface area contributed by atoms with Crippen molar-refractivity contribution in [3.05, 3.63) is 60.7 Å². The summed E-state index contributed by atoms with van der Waals surface area (Å²) in [5.41, 5.74) is 4.50. The van der Waals surface area contributed by atoms with E-state index in [1.54, 1.807) is 12.4 Å². The second kappa shape index (κ2) is 6.32. The topological polar surface area (TPSA) is 102 Å². The lowest BCUT2D eigenvalue weighted by Crippen LogP contribution is -2.01. The minimum absolute atomic E-state index is 0.635. The summed E-state index contributed by atoms with van der Waals surface area (Å²) < 4.78 is 8.34. The second-order valence-electron chi connectivity index (χ2n) is 6.07. The Morgan fingerprint density at radius 2 is 2.26 bits per heavy atom. The summed E-state index contributed by atoms with van der Waals surface area (Å²) in [6.45, 7) is 2.59. The van der Waals surface area contributed by atoms with Crippen LogP contribution in [0.2, 0.25) is 0 Å². The molecule has 0 spiro atoms. The lowest BCUT2D eigenvalue weighted by molar-refractivity contribution is 0.678. The Balaban J connectivity index is 1.48. The first kappa shape index (κ1) is 15.7. The van der Waals surface area contributed by atoms with Crippen LogP contribution in [-0.4, -0.2) is 38.7 Å². The van der Waals surface area contributed by atoms with Crippen molar-refractivity contribution in [2.45, 2.75) is 13.5 Å². The van der Waals surface area contributed by atoms with Gasteiger partial charge in [-0.3, -0.25) is 14.2 Å². The monoisotopic (exact) mass is 377 g/mol. The molecule has 5 aromatic rings. The SMILES string of the molecule is Cc1cn2c(-c3cn[nH]c3)cnc2c(Nc2cc(Cn3cccn3)ns2)n1. The van der Waals surface area contributed by atoms with Gasteiger partial charge in [0.05, 0.1) is 36.0 Å². The summed E-state index contributed by atoms with van der Waals surface area (Å²) in [7, 11) is 0. The van der Waals surface area contributed by atoms with Crippen LogP contribution in [-0.2, 0) is 6.54 Å². The van der Waals surface area contributed by atoms with E-state index in [1.807, 2.05) is 52.9 Å². The Hall–Kier alpha value is -3.53. The maximum atomic E-state index is 4.62. The Morgan fingerprint density at radius 1 is 1.30 bits per heavy atom. The molecule has 0 aliphatic heterocycles. The van der Waals surface area contributed by atoms with Gasteiger partial charge in [0, 0.05) is 30.4 Å². The molecule has 0 atom stereocenters. The number of H-pyrrole nitrogens is 1. The molecular formula is C17H15N9S. The van der Waals surface area contributed by atoms with Crippen LogP contribution < -0.4 is 5.32 Å². The van der Waals surface area contributed by atoms with Gasteiger partial charge < -0.3 is 5.32 Å². The smallest absolute Gasteiger partial charge is 0.180 e. The first-order valence-electron chi connectivity index (χ1n) is 8.30. The van der Waals surface area contributed by atoms with E-state index in [0.717, 1.165) is 33.3 Å². The van der Waals surface area contributed by atoms with Gasteiger partial charge in [0.25, 0.3) is 0 Å². The minimum atomic E-state index is 0.635. The molecule has 0 saturated heterocycles. The lowest BCUT2D eigenvalue weighted by Gasteiger charge is -2.07. The third-order valence-corrected chi connectivity index (χ3v) is 4.83. The molecule has 2 N–H and O–H groups in total. The first-order valence-corrected chi connectivity index (χ1v) is 9.07. The molecule has 0 aliphatic carbocycles. The third-order valence-electron chi connectivity index (χ3n) is 4.09. The molecule has 10 heteroatoms. The van der Waals surface area contributed by atoms with Crippen LogP contribution in [0.3, 0.4) is 0 Å². The van der Waals surface area contributed by atoms with Crippen LogP contribution in [0.5, 0.6) is 0 Å². The van der Waals surface area contributed by atoms with E-state index in [4.69, 9.17) is 0 Å². The molecule has 27 heavy (non-hydrogen) atoms. The van der Waals surface area contributed by atoms with Crippen LogP contribution >= 0.6 is 11.5 Å². The Morgan fingerprint density at radius 3 is 3.07 bits per heavy atom. The predicted molar refractivity (Wildman–Crippen MR) is 102 cm³/mol. The van der Waals surface area contributed by atoms with Crippen LogP contribution in [0, 0.1) is 6.92 Å². The van der Waals surface area contributed by atoms with Gasteiger partial charge in [-0.05, 0) is 30.6 Å². The fourth-order valence-electron chi connectivity index (χ4n) is 2.92. The van der Waals surface area contributed by atoms with Crippen molar-refractivity contribution in [1.82, 2.24) is 38.7 Å². The van der Waals surface area contributed by atoms with Crippen molar-refractivity contribution < 1.29 is 0 Å². The summed E-state index contributed by atoms with van der Waals surface area (Å²) in [5.74, 6) is 0.694. The highest BCUT2D eigenvalue weighted by molar-refractivity contribution is 7.10. The molecule has 5 rings (SSSR count). The maximum absolute atomic E-state index is 4.62. The zero-order valence-corrected chi connectivity index (χ0v) is 15.2. The van der Waals surface area contributed by atoms with Gasteiger partial charge in [-0.15, -0.1) is 0 Å². The molecule has 9 nitrogen and oxygen atoms in total. The molecule has 0 radical (unpaired) electrons. The van der Waals surface area contributed by atoms with E-state index in [-0.39, 0.29) is 0 Å². The number of rotatable bonds is 5. The predicted octanol–water partition coefficient (Wildman–Crippen LogP) is 2.87. The third kappa shape index (κ3) is 2.95. The Kier molecular flexibility index (Phi) is 3.68. The maximum Gasteiger partial charge on any atom is 0.180 e. The minimum Gasteiger partial charge on any atom is -0.328 e. The average molecular weight is 377 g/mol. The van der Waals surface area contributed by atoms with E-state index >= 15 is 0 Å². The quantitative estimate of drug-likeness (QED) is 0.488. The van der Waals surface area contributed by atoms with Crippen molar-refractivity contribution >= 4 is 28.0 Å². The van der Waals surface area contributed by atoms with Crippen molar-refractivity contribution in [2.75, 3.05) is 5.32 Å². The molecule has 0 bridgehead atoms. The molecule has 134 valence electrons. The molecular weight excluding hydrogens is 362 g/mol. The van der Waals surface area contributed by atoms with Gasteiger partial charge in [-0.25, -0.2) is 9.97 Å². The number of fused-ring (bicyclic) bond motifs is 1. The van der Waals surface area contributed by atoms with E-state index in [0.29, 0.717) is 12.4 Å². The highest BCUT2D eigenvalue weighted by atomic mass is 32.1. The summed E-state index contributed by atoms with van der Waals surface area (Å²) in [5, 5.41) is 15.3. The van der Waals surface area contributed by atoms with E-state index in [9.17, 15) is 0 Å². The zero-order valence-electron chi connectivity index (χ0n) is 14.4. The summed E-state index contributed by atoms with van der Waals surface area (Å²) in [4.78, 5) is 9.17. The van der Waals surface area contributed by atoms with E-state index < -0.39 is 0 Å². The fraction of sp³-hybridized carbons (Fsp3) is 0.118. The van der Waals surface area contributed by atoms with E-state index in [2.05, 4.69) is 35.0 Å². The van der Waals surface area contributed by atoms with Gasteiger partial charge >= 0.3 is 0 Å².